The topological polar surface area (TPSA) is 49.8 Å². The molecule has 0 aromatic heterocycles. The molecule has 0 amide bonds. The predicted molar refractivity (Wildman–Crippen MR) is 48.7 cm³/mol. The van der Waals surface area contributed by atoms with E-state index in [0.29, 0.717) is 6.54 Å². The SMILES string of the molecule is CCC1CN(CC(OC)C(=O)O)C1. The molecule has 0 aliphatic carbocycles. The van der Waals surface area contributed by atoms with Crippen molar-refractivity contribution in [2.75, 3.05) is 26.7 Å². The molecular weight excluding hydrogens is 170 g/mol. The minimum Gasteiger partial charge on any atom is -0.479 e. The molecule has 1 atom stereocenters. The van der Waals surface area contributed by atoms with Gasteiger partial charge in [-0.2, -0.15) is 0 Å². The van der Waals surface area contributed by atoms with E-state index in [-0.39, 0.29) is 0 Å². The predicted octanol–water partition coefficient (Wildman–Crippen LogP) is 0.428. The molecule has 1 saturated heterocycles. The third-order valence-corrected chi connectivity index (χ3v) is 2.59. The number of aliphatic carboxylic acids is 1. The largest absolute Gasteiger partial charge is 0.479 e. The highest BCUT2D eigenvalue weighted by atomic mass is 16.5. The first-order chi connectivity index (χ1) is 6.17. The molecule has 0 spiro atoms. The van der Waals surface area contributed by atoms with Crippen LogP contribution in [-0.4, -0.2) is 48.8 Å². The van der Waals surface area contributed by atoms with Crippen molar-refractivity contribution in [2.45, 2.75) is 19.4 Å². The molecule has 1 aliphatic rings. The van der Waals surface area contributed by atoms with E-state index >= 15 is 0 Å². The summed E-state index contributed by atoms with van der Waals surface area (Å²) in [4.78, 5) is 12.7. The Morgan fingerprint density at radius 2 is 2.31 bits per heavy atom. The molecule has 1 N–H and O–H groups in total. The van der Waals surface area contributed by atoms with Gasteiger partial charge in [0.05, 0.1) is 0 Å². The molecule has 4 heteroatoms. The van der Waals surface area contributed by atoms with Crippen LogP contribution in [0.5, 0.6) is 0 Å². The van der Waals surface area contributed by atoms with Gasteiger partial charge in [-0.15, -0.1) is 0 Å². The Hall–Kier alpha value is -0.610. The summed E-state index contributed by atoms with van der Waals surface area (Å²) in [7, 11) is 1.44. The lowest BCUT2D eigenvalue weighted by molar-refractivity contribution is -0.150. The van der Waals surface area contributed by atoms with E-state index in [9.17, 15) is 4.79 Å². The van der Waals surface area contributed by atoms with E-state index in [4.69, 9.17) is 9.84 Å². The molecule has 1 rings (SSSR count). The van der Waals surface area contributed by atoms with Crippen LogP contribution in [0, 0.1) is 5.92 Å². The molecule has 1 fully saturated rings. The van der Waals surface area contributed by atoms with Gasteiger partial charge in [0.1, 0.15) is 0 Å². The van der Waals surface area contributed by atoms with E-state index in [0.717, 1.165) is 19.0 Å². The van der Waals surface area contributed by atoms with Gasteiger partial charge in [0.25, 0.3) is 0 Å². The number of likely N-dealkylation sites (tertiary alicyclic amines) is 1. The van der Waals surface area contributed by atoms with Gasteiger partial charge in [0.2, 0.25) is 0 Å². The average Bonchev–Trinajstić information content (AvgIpc) is 2.02. The Morgan fingerprint density at radius 3 is 2.69 bits per heavy atom. The zero-order valence-electron chi connectivity index (χ0n) is 8.19. The fourth-order valence-electron chi connectivity index (χ4n) is 1.57. The standard InChI is InChI=1S/C9H17NO3/c1-3-7-4-10(5-7)6-8(13-2)9(11)12/h7-8H,3-6H2,1-2H3,(H,11,12). The molecular formula is C9H17NO3. The maximum atomic E-state index is 10.6. The fourth-order valence-corrected chi connectivity index (χ4v) is 1.57. The van der Waals surface area contributed by atoms with Gasteiger partial charge >= 0.3 is 5.97 Å². The highest BCUT2D eigenvalue weighted by Gasteiger charge is 2.29. The van der Waals surface area contributed by atoms with E-state index in [1.54, 1.807) is 0 Å². The lowest BCUT2D eigenvalue weighted by Gasteiger charge is -2.39. The third kappa shape index (κ3) is 2.67. The highest BCUT2D eigenvalue weighted by molar-refractivity contribution is 5.72. The number of nitrogens with zero attached hydrogens (tertiary/aromatic N) is 1. The number of rotatable bonds is 5. The first kappa shape index (κ1) is 10.5. The summed E-state index contributed by atoms with van der Waals surface area (Å²) in [5, 5.41) is 8.71. The van der Waals surface area contributed by atoms with Crippen LogP contribution in [0.4, 0.5) is 0 Å². The van der Waals surface area contributed by atoms with Gasteiger partial charge in [0, 0.05) is 26.7 Å². The molecule has 0 aromatic carbocycles. The van der Waals surface area contributed by atoms with Crippen molar-refractivity contribution >= 4 is 5.97 Å². The van der Waals surface area contributed by atoms with E-state index in [1.165, 1.54) is 13.5 Å². The van der Waals surface area contributed by atoms with Crippen LogP contribution in [0.3, 0.4) is 0 Å². The maximum Gasteiger partial charge on any atom is 0.334 e. The summed E-state index contributed by atoms with van der Waals surface area (Å²) in [5.41, 5.74) is 0. The minimum atomic E-state index is -0.873. The van der Waals surface area contributed by atoms with Crippen molar-refractivity contribution in [1.29, 1.82) is 0 Å². The number of methoxy groups -OCH3 is 1. The van der Waals surface area contributed by atoms with Gasteiger partial charge in [-0.3, -0.25) is 4.90 Å². The highest BCUT2D eigenvalue weighted by Crippen LogP contribution is 2.18. The van der Waals surface area contributed by atoms with E-state index in [2.05, 4.69) is 11.8 Å². The molecule has 76 valence electrons. The Bertz CT molecular complexity index is 178. The zero-order chi connectivity index (χ0) is 9.84. The average molecular weight is 187 g/mol. The van der Waals surface area contributed by atoms with Crippen LogP contribution in [0.1, 0.15) is 13.3 Å². The molecule has 1 heterocycles. The second kappa shape index (κ2) is 4.58. The summed E-state index contributed by atoms with van der Waals surface area (Å²) in [6, 6.07) is 0. The molecule has 0 radical (unpaired) electrons. The smallest absolute Gasteiger partial charge is 0.334 e. The van der Waals surface area contributed by atoms with Gasteiger partial charge in [-0.05, 0) is 5.92 Å². The quantitative estimate of drug-likeness (QED) is 0.678. The summed E-state index contributed by atoms with van der Waals surface area (Å²) < 4.78 is 4.85. The molecule has 0 aromatic rings. The van der Waals surface area contributed by atoms with Gasteiger partial charge in [-0.25, -0.2) is 4.79 Å². The molecule has 4 nitrogen and oxygen atoms in total. The summed E-state index contributed by atoms with van der Waals surface area (Å²) in [5.74, 6) is -0.117. The van der Waals surface area contributed by atoms with Crippen LogP contribution in [0.15, 0.2) is 0 Å². The number of ether oxygens (including phenoxy) is 1. The van der Waals surface area contributed by atoms with Gasteiger partial charge in [-0.1, -0.05) is 13.3 Å². The lowest BCUT2D eigenvalue weighted by Crippen LogP contribution is -2.51. The summed E-state index contributed by atoms with van der Waals surface area (Å²) in [6.07, 6.45) is 0.513. The van der Waals surface area contributed by atoms with Crippen molar-refractivity contribution < 1.29 is 14.6 Å². The van der Waals surface area contributed by atoms with Crippen molar-refractivity contribution in [2.24, 2.45) is 5.92 Å². The van der Waals surface area contributed by atoms with Crippen molar-refractivity contribution in [3.63, 3.8) is 0 Å². The zero-order valence-corrected chi connectivity index (χ0v) is 8.19. The van der Waals surface area contributed by atoms with E-state index in [1.807, 2.05) is 0 Å². The Balaban J connectivity index is 2.21. The van der Waals surface area contributed by atoms with Crippen LogP contribution < -0.4 is 0 Å². The molecule has 0 bridgehead atoms. The van der Waals surface area contributed by atoms with Gasteiger partial charge < -0.3 is 9.84 Å². The third-order valence-electron chi connectivity index (χ3n) is 2.59. The first-order valence-corrected chi connectivity index (χ1v) is 4.65. The van der Waals surface area contributed by atoms with Crippen molar-refractivity contribution in [1.82, 2.24) is 4.90 Å². The molecule has 1 aliphatic heterocycles. The monoisotopic (exact) mass is 187 g/mol. The number of hydrogen-bond acceptors (Lipinski definition) is 3. The van der Waals surface area contributed by atoms with Crippen molar-refractivity contribution in [3.8, 4) is 0 Å². The van der Waals surface area contributed by atoms with Gasteiger partial charge in [0.15, 0.2) is 6.10 Å². The summed E-state index contributed by atoms with van der Waals surface area (Å²) >= 11 is 0. The Morgan fingerprint density at radius 1 is 1.69 bits per heavy atom. The Labute approximate surface area is 78.5 Å². The molecule has 0 saturated carbocycles. The number of carbonyl (C=O) groups is 1. The van der Waals surface area contributed by atoms with Crippen LogP contribution in [0.2, 0.25) is 0 Å². The summed E-state index contributed by atoms with van der Waals surface area (Å²) in [6.45, 7) is 4.71. The van der Waals surface area contributed by atoms with Crippen molar-refractivity contribution in [3.05, 3.63) is 0 Å². The van der Waals surface area contributed by atoms with Crippen LogP contribution >= 0.6 is 0 Å². The fraction of sp³-hybridized carbons (Fsp3) is 0.889. The first-order valence-electron chi connectivity index (χ1n) is 4.65. The van der Waals surface area contributed by atoms with Crippen LogP contribution in [0.25, 0.3) is 0 Å². The second-order valence-electron chi connectivity index (χ2n) is 3.56. The Kier molecular flexibility index (Phi) is 3.69. The van der Waals surface area contributed by atoms with Crippen LogP contribution in [-0.2, 0) is 9.53 Å². The lowest BCUT2D eigenvalue weighted by atomic mass is 9.97. The molecule has 1 unspecified atom stereocenters. The minimum absolute atomic E-state index is 0.516. The number of carboxylic acid groups (broad SMARTS) is 1. The maximum absolute atomic E-state index is 10.6. The normalized spacial score (nSPS) is 21.1. The number of carboxylic acids is 1. The number of hydrogen-bond donors (Lipinski definition) is 1. The second-order valence-corrected chi connectivity index (χ2v) is 3.56. The molecule has 13 heavy (non-hydrogen) atoms. The van der Waals surface area contributed by atoms with E-state index < -0.39 is 12.1 Å².